The number of azo groups is 1. The monoisotopic (exact) mass is 400 g/mol. The number of hydrogen-bond acceptors (Lipinski definition) is 5. The zero-order chi connectivity index (χ0) is 21.1. The van der Waals surface area contributed by atoms with Crippen LogP contribution in [-0.2, 0) is 6.54 Å². The van der Waals surface area contributed by atoms with E-state index in [0.29, 0.717) is 11.9 Å². The van der Waals surface area contributed by atoms with E-state index in [0.717, 1.165) is 11.1 Å². The minimum Gasteiger partial charge on any atom is -0.493 e. The van der Waals surface area contributed by atoms with E-state index in [4.69, 9.17) is 0 Å². The Morgan fingerprint density at radius 3 is 2.40 bits per heavy atom. The summed E-state index contributed by atoms with van der Waals surface area (Å²) in [5, 5.41) is 30.2. The lowest BCUT2D eigenvalue weighted by atomic mass is 10.2. The van der Waals surface area contributed by atoms with Gasteiger partial charge in [-0.15, -0.1) is 10.2 Å². The molecule has 4 aromatic rings. The van der Waals surface area contributed by atoms with Crippen LogP contribution in [0.15, 0.2) is 89.1 Å². The first-order valence-corrected chi connectivity index (χ1v) is 9.10. The Labute approximate surface area is 170 Å². The molecule has 30 heavy (non-hydrogen) atoms. The molecule has 1 amide bonds. The number of carbonyl (C=O) groups is 1. The number of rotatable bonds is 5. The summed E-state index contributed by atoms with van der Waals surface area (Å²) in [5.41, 5.74) is 1.32. The smallest absolute Gasteiger partial charge is 0.302 e. The molecule has 8 heteroatoms. The van der Waals surface area contributed by atoms with Gasteiger partial charge in [0.05, 0.1) is 17.0 Å². The Bertz CT molecular complexity index is 1280. The van der Waals surface area contributed by atoms with Crippen molar-refractivity contribution >= 4 is 28.2 Å². The van der Waals surface area contributed by atoms with Crippen LogP contribution in [0.25, 0.3) is 10.9 Å². The molecule has 1 N–H and O–H groups in total. The van der Waals surface area contributed by atoms with Gasteiger partial charge in [-0.25, -0.2) is 0 Å². The van der Waals surface area contributed by atoms with Crippen LogP contribution in [0.3, 0.4) is 0 Å². The number of carbonyl (C=O) groups excluding carboxylic acids is 1. The normalized spacial score (nSPS) is 11.2. The lowest BCUT2D eigenvalue weighted by Gasteiger charge is -2.06. The maximum Gasteiger partial charge on any atom is 0.302 e. The van der Waals surface area contributed by atoms with E-state index in [9.17, 15) is 20.0 Å². The molecule has 1 aromatic heterocycles. The third-order valence-corrected chi connectivity index (χ3v) is 4.67. The lowest BCUT2D eigenvalue weighted by molar-refractivity contribution is -0.385. The minimum absolute atomic E-state index is 0.133. The largest absolute Gasteiger partial charge is 0.493 e. The number of amides is 1. The maximum absolute atomic E-state index is 12.4. The van der Waals surface area contributed by atoms with E-state index >= 15 is 0 Å². The van der Waals surface area contributed by atoms with E-state index < -0.39 is 10.8 Å². The molecular weight excluding hydrogens is 384 g/mol. The Hall–Kier alpha value is -4.33. The fraction of sp³-hybridized carbons (Fsp3) is 0.0455. The van der Waals surface area contributed by atoms with E-state index in [1.165, 1.54) is 24.3 Å². The first-order chi connectivity index (χ1) is 14.6. The molecule has 148 valence electrons. The van der Waals surface area contributed by atoms with Gasteiger partial charge in [0.25, 0.3) is 5.69 Å². The van der Waals surface area contributed by atoms with Crippen LogP contribution < -0.4 is 0 Å². The summed E-state index contributed by atoms with van der Waals surface area (Å²) in [6.45, 7) is 0.404. The van der Waals surface area contributed by atoms with Gasteiger partial charge in [0, 0.05) is 11.5 Å². The first kappa shape index (κ1) is 19.0. The molecule has 3 aromatic carbocycles. The summed E-state index contributed by atoms with van der Waals surface area (Å²) < 4.78 is 1.68. The summed E-state index contributed by atoms with van der Waals surface area (Å²) in [5.74, 6) is -0.999. The molecule has 0 saturated heterocycles. The number of aromatic hydroxyl groups is 1. The fourth-order valence-corrected chi connectivity index (χ4v) is 3.26. The predicted molar refractivity (Wildman–Crippen MR) is 111 cm³/mol. The van der Waals surface area contributed by atoms with E-state index in [1.54, 1.807) is 16.7 Å². The molecule has 0 aliphatic heterocycles. The standard InChI is InChI=1S/C22H16N4O4/c27-21(17-11-5-7-13-19(17)26(29)30)24-23-20-16-10-4-6-12-18(16)25(22(20)28)14-15-8-2-1-3-9-15/h1-13,28H,14H2. The fourth-order valence-electron chi connectivity index (χ4n) is 3.26. The second kappa shape index (κ2) is 7.96. The zero-order valence-corrected chi connectivity index (χ0v) is 15.7. The molecule has 0 fully saturated rings. The van der Waals surface area contributed by atoms with Crippen molar-refractivity contribution in [3.05, 3.63) is 100 Å². The van der Waals surface area contributed by atoms with Crippen molar-refractivity contribution < 1.29 is 14.8 Å². The van der Waals surface area contributed by atoms with Crippen molar-refractivity contribution in [3.8, 4) is 5.88 Å². The van der Waals surface area contributed by atoms with Gasteiger partial charge in [-0.1, -0.05) is 60.7 Å². The van der Waals surface area contributed by atoms with Gasteiger partial charge in [-0.3, -0.25) is 14.9 Å². The summed E-state index contributed by atoms with van der Waals surface area (Å²) in [6, 6.07) is 22.3. The second-order valence-corrected chi connectivity index (χ2v) is 6.54. The van der Waals surface area contributed by atoms with Gasteiger partial charge in [0.2, 0.25) is 5.88 Å². The lowest BCUT2D eigenvalue weighted by Crippen LogP contribution is -2.00. The molecule has 0 radical (unpaired) electrons. The predicted octanol–water partition coefficient (Wildman–Crippen LogP) is 5.23. The van der Waals surface area contributed by atoms with Gasteiger partial charge in [0.1, 0.15) is 5.56 Å². The Morgan fingerprint density at radius 2 is 1.63 bits per heavy atom. The summed E-state index contributed by atoms with van der Waals surface area (Å²) in [6.07, 6.45) is 0. The highest BCUT2D eigenvalue weighted by atomic mass is 16.6. The molecule has 0 spiro atoms. The number of fused-ring (bicyclic) bond motifs is 1. The number of aromatic nitrogens is 1. The van der Waals surface area contributed by atoms with Crippen molar-refractivity contribution in [3.63, 3.8) is 0 Å². The first-order valence-electron chi connectivity index (χ1n) is 9.10. The van der Waals surface area contributed by atoms with Gasteiger partial charge < -0.3 is 9.67 Å². The molecule has 0 bridgehead atoms. The molecule has 0 aliphatic rings. The number of hydrogen-bond donors (Lipinski definition) is 1. The molecule has 4 rings (SSSR count). The zero-order valence-electron chi connectivity index (χ0n) is 15.7. The number of nitrogens with zero attached hydrogens (tertiary/aromatic N) is 4. The van der Waals surface area contributed by atoms with Crippen LogP contribution in [0.5, 0.6) is 5.88 Å². The maximum atomic E-state index is 12.4. The Morgan fingerprint density at radius 1 is 0.967 bits per heavy atom. The van der Waals surface area contributed by atoms with Crippen LogP contribution in [-0.4, -0.2) is 20.5 Å². The quantitative estimate of drug-likeness (QED) is 0.281. The third-order valence-electron chi connectivity index (χ3n) is 4.67. The van der Waals surface area contributed by atoms with Crippen LogP contribution >= 0.6 is 0 Å². The number of para-hydroxylation sites is 2. The molecule has 0 unspecified atom stereocenters. The minimum atomic E-state index is -0.860. The van der Waals surface area contributed by atoms with Crippen LogP contribution in [0, 0.1) is 10.1 Å². The Kier molecular flexibility index (Phi) is 5.04. The van der Waals surface area contributed by atoms with Crippen LogP contribution in [0.4, 0.5) is 11.4 Å². The van der Waals surface area contributed by atoms with Crippen molar-refractivity contribution in [2.24, 2.45) is 10.2 Å². The molecular formula is C22H16N4O4. The molecule has 0 saturated carbocycles. The highest BCUT2D eigenvalue weighted by Crippen LogP contribution is 2.39. The molecule has 8 nitrogen and oxygen atoms in total. The SMILES string of the molecule is O=C(N=Nc1c(O)n(Cc2ccccc2)c2ccccc12)c1ccccc1[N+](=O)[O-]. The van der Waals surface area contributed by atoms with Crippen molar-refractivity contribution in [1.29, 1.82) is 0 Å². The Balaban J connectivity index is 1.74. The van der Waals surface area contributed by atoms with Gasteiger partial charge in [0.15, 0.2) is 5.69 Å². The molecule has 1 heterocycles. The van der Waals surface area contributed by atoms with E-state index in [1.807, 2.05) is 42.5 Å². The summed E-state index contributed by atoms with van der Waals surface area (Å²) in [7, 11) is 0. The number of nitro benzene ring substituents is 1. The average Bonchev–Trinajstić information content (AvgIpc) is 3.04. The summed E-state index contributed by atoms with van der Waals surface area (Å²) in [4.78, 5) is 22.9. The van der Waals surface area contributed by atoms with Crippen LogP contribution in [0.1, 0.15) is 15.9 Å². The summed E-state index contributed by atoms with van der Waals surface area (Å²) >= 11 is 0. The average molecular weight is 400 g/mol. The highest BCUT2D eigenvalue weighted by molar-refractivity contribution is 5.99. The number of benzene rings is 3. The topological polar surface area (TPSA) is 110 Å². The van der Waals surface area contributed by atoms with Gasteiger partial charge >= 0.3 is 5.91 Å². The second-order valence-electron chi connectivity index (χ2n) is 6.54. The third kappa shape index (κ3) is 3.53. The van der Waals surface area contributed by atoms with E-state index in [2.05, 4.69) is 10.2 Å². The van der Waals surface area contributed by atoms with Gasteiger partial charge in [-0.2, -0.15) is 0 Å². The highest BCUT2D eigenvalue weighted by Gasteiger charge is 2.20. The molecule has 0 aliphatic carbocycles. The van der Waals surface area contributed by atoms with E-state index in [-0.39, 0.29) is 22.8 Å². The van der Waals surface area contributed by atoms with Crippen LogP contribution in [0.2, 0.25) is 0 Å². The molecule has 0 atom stereocenters. The van der Waals surface area contributed by atoms with Crippen molar-refractivity contribution in [2.45, 2.75) is 6.54 Å². The van der Waals surface area contributed by atoms with Crippen molar-refractivity contribution in [1.82, 2.24) is 4.57 Å². The van der Waals surface area contributed by atoms with Gasteiger partial charge in [-0.05, 0) is 17.7 Å². The number of nitro groups is 1. The van der Waals surface area contributed by atoms with Crippen molar-refractivity contribution in [2.75, 3.05) is 0 Å².